The predicted molar refractivity (Wildman–Crippen MR) is 50.5 cm³/mol. The Morgan fingerprint density at radius 1 is 1.31 bits per heavy atom. The fourth-order valence-electron chi connectivity index (χ4n) is 0.935. The van der Waals surface area contributed by atoms with E-state index in [1.807, 2.05) is 0 Å². The summed E-state index contributed by atoms with van der Waals surface area (Å²) in [5, 5.41) is 8.27. The number of unbranched alkanes of at least 4 members (excludes halogenated alkanes) is 3. The van der Waals surface area contributed by atoms with E-state index in [1.165, 1.54) is 6.08 Å². The van der Waals surface area contributed by atoms with Crippen molar-refractivity contribution in [2.45, 2.75) is 39.0 Å². The molecule has 0 radical (unpaired) electrons. The smallest absolute Gasteiger partial charge is 0.311 e. The van der Waals surface area contributed by atoms with Gasteiger partial charge < -0.3 is 5.11 Å². The third-order valence-corrected chi connectivity index (χ3v) is 1.60. The molecule has 0 amide bonds. The fourth-order valence-corrected chi connectivity index (χ4v) is 0.935. The van der Waals surface area contributed by atoms with Crippen LogP contribution >= 0.6 is 0 Å². The van der Waals surface area contributed by atoms with Gasteiger partial charge in [0.1, 0.15) is 6.42 Å². The van der Waals surface area contributed by atoms with Crippen molar-refractivity contribution < 1.29 is 14.7 Å². The summed E-state index contributed by atoms with van der Waals surface area (Å²) < 4.78 is 0. The van der Waals surface area contributed by atoms with Crippen LogP contribution in [0.25, 0.3) is 0 Å². The van der Waals surface area contributed by atoms with E-state index in [4.69, 9.17) is 5.11 Å². The molecule has 0 aliphatic heterocycles. The average molecular weight is 184 g/mol. The van der Waals surface area contributed by atoms with Crippen molar-refractivity contribution in [2.75, 3.05) is 0 Å². The van der Waals surface area contributed by atoms with Crippen LogP contribution in [0.2, 0.25) is 0 Å². The summed E-state index contributed by atoms with van der Waals surface area (Å²) in [6, 6.07) is 0. The van der Waals surface area contributed by atoms with Gasteiger partial charge in [-0.2, -0.15) is 0 Å². The van der Waals surface area contributed by atoms with E-state index >= 15 is 0 Å². The summed E-state index contributed by atoms with van der Waals surface area (Å²) in [6.45, 7) is 2.11. The highest BCUT2D eigenvalue weighted by molar-refractivity contribution is 6.01. The van der Waals surface area contributed by atoms with Crippen LogP contribution in [0.4, 0.5) is 0 Å². The third kappa shape index (κ3) is 8.79. The van der Waals surface area contributed by atoms with E-state index in [0.717, 1.165) is 25.7 Å². The quantitative estimate of drug-likeness (QED) is 0.375. The first-order valence-corrected chi connectivity index (χ1v) is 4.58. The van der Waals surface area contributed by atoms with Crippen LogP contribution in [-0.4, -0.2) is 16.9 Å². The highest BCUT2D eigenvalue weighted by Crippen LogP contribution is 1.99. The molecule has 0 rings (SSSR count). The van der Waals surface area contributed by atoms with Crippen molar-refractivity contribution in [3.05, 3.63) is 12.2 Å². The number of hydrogen-bond acceptors (Lipinski definition) is 2. The Balaban J connectivity index is 3.48. The van der Waals surface area contributed by atoms with E-state index in [-0.39, 0.29) is 5.78 Å². The number of carbonyl (C=O) groups excluding carboxylic acids is 1. The molecule has 3 nitrogen and oxygen atoms in total. The van der Waals surface area contributed by atoms with Crippen LogP contribution in [0.1, 0.15) is 39.0 Å². The molecule has 0 saturated heterocycles. The third-order valence-electron chi connectivity index (χ3n) is 1.60. The molecule has 0 saturated carbocycles. The van der Waals surface area contributed by atoms with Crippen molar-refractivity contribution in [2.24, 2.45) is 0 Å². The Bertz CT molecular complexity index is 194. The second kappa shape index (κ2) is 7.53. The molecule has 0 aromatic carbocycles. The second-order valence-electron chi connectivity index (χ2n) is 2.93. The molecule has 0 aromatic heterocycles. The van der Waals surface area contributed by atoms with Crippen LogP contribution in [0, 0.1) is 0 Å². The summed E-state index contributed by atoms with van der Waals surface area (Å²) in [7, 11) is 0. The number of carboxylic acids is 1. The predicted octanol–water partition coefficient (Wildman–Crippen LogP) is 2.17. The van der Waals surface area contributed by atoms with Gasteiger partial charge in [0.05, 0.1) is 0 Å². The standard InChI is InChI=1S/C10H16O3/c1-2-3-4-5-6-7-9(11)8-10(12)13/h6-7H,2-5,8H2,1H3,(H,12,13). The van der Waals surface area contributed by atoms with Crippen LogP contribution in [0.3, 0.4) is 0 Å². The largest absolute Gasteiger partial charge is 0.481 e. The number of carbonyl (C=O) groups is 2. The minimum atomic E-state index is -1.07. The molecule has 3 heteroatoms. The van der Waals surface area contributed by atoms with E-state index in [9.17, 15) is 9.59 Å². The van der Waals surface area contributed by atoms with Crippen molar-refractivity contribution in [1.82, 2.24) is 0 Å². The molecule has 13 heavy (non-hydrogen) atoms. The van der Waals surface area contributed by atoms with Crippen molar-refractivity contribution in [3.63, 3.8) is 0 Å². The number of hydrogen-bond donors (Lipinski definition) is 1. The molecule has 0 aliphatic carbocycles. The van der Waals surface area contributed by atoms with Crippen molar-refractivity contribution in [3.8, 4) is 0 Å². The topological polar surface area (TPSA) is 54.4 Å². The minimum Gasteiger partial charge on any atom is -0.481 e. The van der Waals surface area contributed by atoms with Gasteiger partial charge in [-0.05, 0) is 18.9 Å². The first-order valence-electron chi connectivity index (χ1n) is 4.58. The molecule has 0 bridgehead atoms. The minimum absolute atomic E-state index is 0.330. The van der Waals surface area contributed by atoms with Crippen LogP contribution in [0.15, 0.2) is 12.2 Å². The Morgan fingerprint density at radius 3 is 2.54 bits per heavy atom. The molecule has 0 heterocycles. The van der Waals surface area contributed by atoms with Gasteiger partial charge in [0.25, 0.3) is 0 Å². The van der Waals surface area contributed by atoms with Gasteiger partial charge in [0, 0.05) is 0 Å². The van der Waals surface area contributed by atoms with Gasteiger partial charge in [-0.3, -0.25) is 9.59 Å². The van der Waals surface area contributed by atoms with Crippen LogP contribution < -0.4 is 0 Å². The molecular weight excluding hydrogens is 168 g/mol. The van der Waals surface area contributed by atoms with E-state index in [0.29, 0.717) is 0 Å². The molecule has 74 valence electrons. The molecule has 0 unspecified atom stereocenters. The number of ketones is 1. The molecular formula is C10H16O3. The maximum absolute atomic E-state index is 10.8. The Morgan fingerprint density at radius 2 is 2.00 bits per heavy atom. The molecule has 0 aromatic rings. The first-order chi connectivity index (χ1) is 6.16. The van der Waals surface area contributed by atoms with Crippen LogP contribution in [0.5, 0.6) is 0 Å². The second-order valence-corrected chi connectivity index (χ2v) is 2.93. The zero-order chi connectivity index (χ0) is 10.1. The van der Waals surface area contributed by atoms with Gasteiger partial charge in [-0.15, -0.1) is 0 Å². The van der Waals surface area contributed by atoms with Crippen molar-refractivity contribution >= 4 is 11.8 Å². The summed E-state index contributed by atoms with van der Waals surface area (Å²) in [6.07, 6.45) is 6.94. The van der Waals surface area contributed by atoms with Gasteiger partial charge in [-0.1, -0.05) is 25.8 Å². The molecule has 0 fully saturated rings. The molecule has 0 aliphatic rings. The fraction of sp³-hybridized carbons (Fsp3) is 0.600. The number of allylic oxidation sites excluding steroid dienone is 2. The van der Waals surface area contributed by atoms with Crippen LogP contribution in [-0.2, 0) is 9.59 Å². The lowest BCUT2D eigenvalue weighted by molar-refractivity contribution is -0.139. The summed E-state index contributed by atoms with van der Waals surface area (Å²) in [5.74, 6) is -1.40. The van der Waals surface area contributed by atoms with Gasteiger partial charge >= 0.3 is 5.97 Å². The highest BCUT2D eigenvalue weighted by Gasteiger charge is 2.02. The lowest BCUT2D eigenvalue weighted by Crippen LogP contribution is -2.02. The SMILES string of the molecule is CCCCCC=CC(=O)CC(=O)O. The molecule has 0 atom stereocenters. The number of rotatable bonds is 7. The maximum atomic E-state index is 10.8. The number of aliphatic carboxylic acids is 1. The Labute approximate surface area is 78.5 Å². The van der Waals surface area contributed by atoms with Crippen molar-refractivity contribution in [1.29, 1.82) is 0 Å². The molecule has 1 N–H and O–H groups in total. The van der Waals surface area contributed by atoms with Gasteiger partial charge in [0.2, 0.25) is 0 Å². The van der Waals surface area contributed by atoms with Gasteiger partial charge in [-0.25, -0.2) is 0 Å². The summed E-state index contributed by atoms with van der Waals surface area (Å²) in [5.41, 5.74) is 0. The highest BCUT2D eigenvalue weighted by atomic mass is 16.4. The first kappa shape index (κ1) is 11.9. The number of carboxylic acid groups (broad SMARTS) is 1. The average Bonchev–Trinajstić information content (AvgIpc) is 2.02. The lowest BCUT2D eigenvalue weighted by atomic mass is 10.2. The Hall–Kier alpha value is -1.12. The monoisotopic (exact) mass is 184 g/mol. The molecule has 0 spiro atoms. The Kier molecular flexibility index (Phi) is 6.88. The lowest BCUT2D eigenvalue weighted by Gasteiger charge is -1.91. The van der Waals surface area contributed by atoms with E-state index in [2.05, 4.69) is 6.92 Å². The van der Waals surface area contributed by atoms with E-state index in [1.54, 1.807) is 6.08 Å². The normalized spacial score (nSPS) is 10.5. The zero-order valence-electron chi connectivity index (χ0n) is 7.95. The summed E-state index contributed by atoms with van der Waals surface area (Å²) >= 11 is 0. The maximum Gasteiger partial charge on any atom is 0.311 e. The van der Waals surface area contributed by atoms with Gasteiger partial charge in [0.15, 0.2) is 5.78 Å². The summed E-state index contributed by atoms with van der Waals surface area (Å²) in [4.78, 5) is 20.9. The zero-order valence-corrected chi connectivity index (χ0v) is 7.95. The van der Waals surface area contributed by atoms with E-state index < -0.39 is 12.4 Å².